The summed E-state index contributed by atoms with van der Waals surface area (Å²) in [5.41, 5.74) is 5.47. The fourth-order valence-corrected chi connectivity index (χ4v) is 2.87. The van der Waals surface area contributed by atoms with E-state index in [9.17, 15) is 9.59 Å². The van der Waals surface area contributed by atoms with Crippen molar-refractivity contribution >= 4 is 23.6 Å². The number of thioether (sulfide) groups is 1. The maximum absolute atomic E-state index is 11.6. The summed E-state index contributed by atoms with van der Waals surface area (Å²) in [6, 6.07) is -1.21. The third-order valence-electron chi connectivity index (χ3n) is 2.60. The van der Waals surface area contributed by atoms with Crippen molar-refractivity contribution in [3.8, 4) is 0 Å². The van der Waals surface area contributed by atoms with E-state index < -0.39 is 17.9 Å². The van der Waals surface area contributed by atoms with Gasteiger partial charge in [-0.15, -0.1) is 0 Å². The third kappa shape index (κ3) is 4.95. The van der Waals surface area contributed by atoms with Crippen molar-refractivity contribution in [1.29, 1.82) is 0 Å². The fraction of sp³-hybridized carbons (Fsp3) is 0.818. The average Bonchev–Trinajstić information content (AvgIpc) is 2.36. The zero-order valence-corrected chi connectivity index (χ0v) is 10.9. The second kappa shape index (κ2) is 7.55. The largest absolute Gasteiger partial charge is 0.464 e. The molecular weight excluding hydrogens is 240 g/mol. The van der Waals surface area contributed by atoms with Crippen molar-refractivity contribution in [3.63, 3.8) is 0 Å². The molecule has 1 aliphatic rings. The summed E-state index contributed by atoms with van der Waals surface area (Å²) >= 11 is 1.86. The first-order valence-electron chi connectivity index (χ1n) is 5.96. The van der Waals surface area contributed by atoms with Crippen LogP contribution in [0.3, 0.4) is 0 Å². The highest BCUT2D eigenvalue weighted by Gasteiger charge is 2.24. The number of carbonyl (C=O) groups excluding carboxylic acids is 2. The molecule has 0 aromatic rings. The van der Waals surface area contributed by atoms with Crippen molar-refractivity contribution in [2.24, 2.45) is 5.73 Å². The molecule has 1 rings (SSSR count). The van der Waals surface area contributed by atoms with Crippen molar-refractivity contribution in [2.45, 2.75) is 37.5 Å². The second-order valence-corrected chi connectivity index (χ2v) is 5.37. The van der Waals surface area contributed by atoms with Crippen molar-refractivity contribution < 1.29 is 14.3 Å². The molecule has 0 aromatic heterocycles. The normalized spacial score (nSPS) is 21.6. The van der Waals surface area contributed by atoms with E-state index in [0.717, 1.165) is 12.2 Å². The lowest BCUT2D eigenvalue weighted by atomic mass is 10.2. The van der Waals surface area contributed by atoms with Crippen LogP contribution in [0.25, 0.3) is 0 Å². The van der Waals surface area contributed by atoms with E-state index in [1.54, 1.807) is 6.92 Å². The van der Waals surface area contributed by atoms with E-state index >= 15 is 0 Å². The molecule has 0 radical (unpaired) electrons. The van der Waals surface area contributed by atoms with Gasteiger partial charge in [-0.25, -0.2) is 4.79 Å². The number of hydrogen-bond donors (Lipinski definition) is 2. The first-order chi connectivity index (χ1) is 8.15. The number of esters is 1. The first-order valence-corrected chi connectivity index (χ1v) is 7.01. The SMILES string of the molecule is CCOC(=O)C(N)C(=O)NCC1CCCCS1. The Morgan fingerprint density at radius 2 is 2.29 bits per heavy atom. The van der Waals surface area contributed by atoms with Crippen LogP contribution in [0.2, 0.25) is 0 Å². The van der Waals surface area contributed by atoms with Gasteiger partial charge < -0.3 is 15.8 Å². The van der Waals surface area contributed by atoms with Crippen LogP contribution in [0.5, 0.6) is 0 Å². The van der Waals surface area contributed by atoms with E-state index in [0.29, 0.717) is 11.8 Å². The minimum absolute atomic E-state index is 0.234. The molecular formula is C11H20N2O3S. The van der Waals surface area contributed by atoms with E-state index in [4.69, 9.17) is 5.73 Å². The maximum Gasteiger partial charge on any atom is 0.332 e. The van der Waals surface area contributed by atoms with Crippen LogP contribution >= 0.6 is 11.8 Å². The first kappa shape index (κ1) is 14.3. The van der Waals surface area contributed by atoms with Gasteiger partial charge in [-0.3, -0.25) is 4.79 Å². The Morgan fingerprint density at radius 3 is 2.88 bits per heavy atom. The van der Waals surface area contributed by atoms with Crippen LogP contribution in [0.4, 0.5) is 0 Å². The highest BCUT2D eigenvalue weighted by molar-refractivity contribution is 7.99. The van der Waals surface area contributed by atoms with E-state index in [1.807, 2.05) is 11.8 Å². The van der Waals surface area contributed by atoms with Gasteiger partial charge in [-0.05, 0) is 25.5 Å². The molecule has 0 aliphatic carbocycles. The summed E-state index contributed by atoms with van der Waals surface area (Å²) in [6.07, 6.45) is 3.56. The molecule has 0 bridgehead atoms. The van der Waals surface area contributed by atoms with Crippen molar-refractivity contribution in [1.82, 2.24) is 5.32 Å². The molecule has 0 aromatic carbocycles. The molecule has 17 heavy (non-hydrogen) atoms. The van der Waals surface area contributed by atoms with Gasteiger partial charge in [-0.1, -0.05) is 6.42 Å². The number of rotatable bonds is 5. The predicted octanol–water partition coefficient (Wildman–Crippen LogP) is 0.279. The lowest BCUT2D eigenvalue weighted by Crippen LogP contribution is -2.48. The highest BCUT2D eigenvalue weighted by Crippen LogP contribution is 2.24. The number of ether oxygens (including phenoxy) is 1. The predicted molar refractivity (Wildman–Crippen MR) is 67.7 cm³/mol. The minimum Gasteiger partial charge on any atom is -0.464 e. The number of amides is 1. The minimum atomic E-state index is -1.21. The summed E-state index contributed by atoms with van der Waals surface area (Å²) in [7, 11) is 0. The molecule has 2 atom stereocenters. The van der Waals surface area contributed by atoms with Crippen molar-refractivity contribution in [2.75, 3.05) is 18.9 Å². The van der Waals surface area contributed by atoms with Gasteiger partial charge in [0.2, 0.25) is 5.91 Å². The number of hydrogen-bond acceptors (Lipinski definition) is 5. The zero-order chi connectivity index (χ0) is 12.7. The monoisotopic (exact) mass is 260 g/mol. The van der Waals surface area contributed by atoms with Gasteiger partial charge >= 0.3 is 5.97 Å². The smallest absolute Gasteiger partial charge is 0.332 e. The summed E-state index contributed by atoms with van der Waals surface area (Å²) in [5.74, 6) is 0.0284. The number of carbonyl (C=O) groups is 2. The molecule has 6 heteroatoms. The second-order valence-electron chi connectivity index (χ2n) is 3.96. The van der Waals surface area contributed by atoms with Crippen LogP contribution in [0.1, 0.15) is 26.2 Å². The molecule has 0 saturated carbocycles. The summed E-state index contributed by atoms with van der Waals surface area (Å²) in [6.45, 7) is 2.50. The highest BCUT2D eigenvalue weighted by atomic mass is 32.2. The Morgan fingerprint density at radius 1 is 1.53 bits per heavy atom. The molecule has 5 nitrogen and oxygen atoms in total. The maximum atomic E-state index is 11.6. The molecule has 0 spiro atoms. The molecule has 1 fully saturated rings. The third-order valence-corrected chi connectivity index (χ3v) is 4.00. The van der Waals surface area contributed by atoms with Crippen LogP contribution < -0.4 is 11.1 Å². The summed E-state index contributed by atoms with van der Waals surface area (Å²) < 4.78 is 4.69. The Labute approximate surface area is 106 Å². The van der Waals surface area contributed by atoms with Gasteiger partial charge in [0.25, 0.3) is 0 Å². The Hall–Kier alpha value is -0.750. The van der Waals surface area contributed by atoms with E-state index in [-0.39, 0.29) is 6.61 Å². The van der Waals surface area contributed by atoms with Gasteiger partial charge in [0.15, 0.2) is 6.04 Å². The summed E-state index contributed by atoms with van der Waals surface area (Å²) in [5, 5.41) is 3.15. The summed E-state index contributed by atoms with van der Waals surface area (Å²) in [4.78, 5) is 22.8. The molecule has 98 valence electrons. The standard InChI is InChI=1S/C11H20N2O3S/c1-2-16-11(15)9(12)10(14)13-7-8-5-3-4-6-17-8/h8-9H,2-7,12H2,1H3,(H,13,14). The molecule has 3 N–H and O–H groups in total. The van der Waals surface area contributed by atoms with Gasteiger partial charge in [0, 0.05) is 11.8 Å². The lowest BCUT2D eigenvalue weighted by Gasteiger charge is -2.22. The van der Waals surface area contributed by atoms with E-state index in [2.05, 4.69) is 10.1 Å². The van der Waals surface area contributed by atoms with Crippen LogP contribution in [0.15, 0.2) is 0 Å². The van der Waals surface area contributed by atoms with E-state index in [1.165, 1.54) is 12.8 Å². The number of nitrogens with one attached hydrogen (secondary N) is 1. The lowest BCUT2D eigenvalue weighted by molar-refractivity contribution is -0.147. The topological polar surface area (TPSA) is 81.4 Å². The Kier molecular flexibility index (Phi) is 6.36. The molecule has 1 amide bonds. The quantitative estimate of drug-likeness (QED) is 0.548. The van der Waals surface area contributed by atoms with Crippen LogP contribution in [-0.4, -0.2) is 42.1 Å². The molecule has 2 unspecified atom stereocenters. The average molecular weight is 260 g/mol. The molecule has 1 heterocycles. The fourth-order valence-electron chi connectivity index (χ4n) is 1.63. The van der Waals surface area contributed by atoms with Gasteiger partial charge in [0.05, 0.1) is 6.61 Å². The van der Waals surface area contributed by atoms with Crippen molar-refractivity contribution in [3.05, 3.63) is 0 Å². The molecule has 1 aliphatic heterocycles. The van der Waals surface area contributed by atoms with Gasteiger partial charge in [0.1, 0.15) is 0 Å². The van der Waals surface area contributed by atoms with Crippen LogP contribution in [-0.2, 0) is 14.3 Å². The molecule has 1 saturated heterocycles. The Balaban J connectivity index is 2.25. The number of nitrogens with two attached hydrogens (primary N) is 1. The Bertz CT molecular complexity index is 267. The van der Waals surface area contributed by atoms with Crippen LogP contribution in [0, 0.1) is 0 Å². The van der Waals surface area contributed by atoms with Gasteiger partial charge in [-0.2, -0.15) is 11.8 Å². The zero-order valence-electron chi connectivity index (χ0n) is 10.1.